The second kappa shape index (κ2) is 5.61. The van der Waals surface area contributed by atoms with Gasteiger partial charge in [0.25, 0.3) is 0 Å². The third-order valence-corrected chi connectivity index (χ3v) is 3.45. The number of nitrogens with zero attached hydrogens (tertiary/aromatic N) is 2. The van der Waals surface area contributed by atoms with E-state index in [0.717, 1.165) is 16.7 Å². The predicted octanol–water partition coefficient (Wildman–Crippen LogP) is 4.92. The molecule has 0 bridgehead atoms. The predicted molar refractivity (Wildman–Crippen MR) is 81.8 cm³/mol. The molecular weight excluding hydrogens is 291 g/mol. The van der Waals surface area contributed by atoms with Gasteiger partial charge >= 0.3 is 0 Å². The number of benzene rings is 2. The Hall–Kier alpha value is -1.90. The highest BCUT2D eigenvalue weighted by Gasteiger charge is 2.06. The first-order valence-corrected chi connectivity index (χ1v) is 6.75. The van der Waals surface area contributed by atoms with E-state index in [-0.39, 0.29) is 0 Å². The summed E-state index contributed by atoms with van der Waals surface area (Å²) in [4.78, 5) is 8.60. The van der Waals surface area contributed by atoms with Crippen LogP contribution in [0.1, 0.15) is 0 Å². The Morgan fingerprint density at radius 3 is 2.30 bits per heavy atom. The van der Waals surface area contributed by atoms with Gasteiger partial charge in [0, 0.05) is 22.3 Å². The van der Waals surface area contributed by atoms with Crippen molar-refractivity contribution >= 4 is 23.2 Å². The second-order valence-electron chi connectivity index (χ2n) is 4.21. The van der Waals surface area contributed by atoms with Crippen LogP contribution in [0.2, 0.25) is 10.0 Å². The lowest BCUT2D eigenvalue weighted by Gasteiger charge is -2.04. The molecule has 2 nitrogen and oxygen atoms in total. The van der Waals surface area contributed by atoms with E-state index in [1.165, 1.54) is 0 Å². The van der Waals surface area contributed by atoms with E-state index >= 15 is 0 Å². The molecular formula is C16H9Cl2N2. The van der Waals surface area contributed by atoms with Crippen LogP contribution in [-0.4, -0.2) is 9.97 Å². The third-order valence-electron chi connectivity index (χ3n) is 2.87. The van der Waals surface area contributed by atoms with Crippen molar-refractivity contribution in [3.63, 3.8) is 0 Å². The zero-order chi connectivity index (χ0) is 13.9. The number of aromatic nitrogens is 2. The van der Waals surface area contributed by atoms with Crippen LogP contribution in [0.5, 0.6) is 0 Å². The van der Waals surface area contributed by atoms with Crippen molar-refractivity contribution in [2.24, 2.45) is 0 Å². The summed E-state index contributed by atoms with van der Waals surface area (Å²) in [5.74, 6) is 0.563. The summed E-state index contributed by atoms with van der Waals surface area (Å²) in [5, 5.41) is 1.32. The molecule has 0 aliphatic carbocycles. The fourth-order valence-corrected chi connectivity index (χ4v) is 2.18. The maximum Gasteiger partial charge on any atom is 0.161 e. The molecule has 0 aliphatic heterocycles. The quantitative estimate of drug-likeness (QED) is 0.671. The van der Waals surface area contributed by atoms with Crippen molar-refractivity contribution < 1.29 is 0 Å². The van der Waals surface area contributed by atoms with Gasteiger partial charge in [-0.3, -0.25) is 0 Å². The number of rotatable bonds is 2. The van der Waals surface area contributed by atoms with Crippen LogP contribution >= 0.6 is 23.2 Å². The van der Waals surface area contributed by atoms with Crippen LogP contribution in [0.4, 0.5) is 0 Å². The molecule has 2 aromatic carbocycles. The summed E-state index contributed by atoms with van der Waals surface area (Å²) in [7, 11) is 0. The minimum Gasteiger partial charge on any atom is -0.236 e. The summed E-state index contributed by atoms with van der Waals surface area (Å²) in [5.41, 5.74) is 2.59. The maximum absolute atomic E-state index is 6.12. The van der Waals surface area contributed by atoms with Gasteiger partial charge in [-0.15, -0.1) is 0 Å². The Balaban J connectivity index is 1.96. The summed E-state index contributed by atoms with van der Waals surface area (Å²) < 4.78 is 0. The molecule has 0 unspecified atom stereocenters. The smallest absolute Gasteiger partial charge is 0.161 e. The molecule has 20 heavy (non-hydrogen) atoms. The van der Waals surface area contributed by atoms with Gasteiger partial charge in [-0.1, -0.05) is 47.5 Å². The molecule has 0 amide bonds. The van der Waals surface area contributed by atoms with Crippen LogP contribution in [0.15, 0.2) is 54.7 Å². The maximum atomic E-state index is 6.12. The molecule has 1 heterocycles. The van der Waals surface area contributed by atoms with E-state index in [2.05, 4.69) is 16.2 Å². The van der Waals surface area contributed by atoms with Crippen molar-refractivity contribution in [2.75, 3.05) is 0 Å². The van der Waals surface area contributed by atoms with Gasteiger partial charge in [0.15, 0.2) is 5.82 Å². The normalized spacial score (nSPS) is 10.5. The van der Waals surface area contributed by atoms with E-state index in [1.807, 2.05) is 48.5 Å². The summed E-state index contributed by atoms with van der Waals surface area (Å²) in [6, 6.07) is 14.9. The van der Waals surface area contributed by atoms with Gasteiger partial charge in [-0.25, -0.2) is 9.97 Å². The fraction of sp³-hybridized carbons (Fsp3) is 0. The lowest BCUT2D eigenvalue weighted by atomic mass is 10.1. The number of hydrogen-bond acceptors (Lipinski definition) is 2. The van der Waals surface area contributed by atoms with Gasteiger partial charge in [0.2, 0.25) is 0 Å². The molecule has 97 valence electrons. The van der Waals surface area contributed by atoms with E-state index in [4.69, 9.17) is 23.2 Å². The standard InChI is InChI=1S/C16H9Cl2N2/c17-13-7-5-11(6-8-13)12-9-19-16(20-10-12)14-3-1-2-4-15(14)18/h1-9H. The highest BCUT2D eigenvalue weighted by molar-refractivity contribution is 6.33. The van der Waals surface area contributed by atoms with Crippen LogP contribution in [0.3, 0.4) is 0 Å². The molecule has 0 saturated carbocycles. The molecule has 0 aliphatic rings. The molecule has 0 fully saturated rings. The lowest BCUT2D eigenvalue weighted by Crippen LogP contribution is -1.91. The average Bonchev–Trinajstić information content (AvgIpc) is 2.49. The van der Waals surface area contributed by atoms with E-state index in [0.29, 0.717) is 15.9 Å². The summed E-state index contributed by atoms with van der Waals surface area (Å²) in [6.07, 6.45) is 4.72. The monoisotopic (exact) mass is 299 g/mol. The molecule has 3 rings (SSSR count). The Kier molecular flexibility index (Phi) is 3.68. The van der Waals surface area contributed by atoms with Crippen molar-refractivity contribution in [1.82, 2.24) is 9.97 Å². The Labute approximate surface area is 127 Å². The Morgan fingerprint density at radius 2 is 1.65 bits per heavy atom. The van der Waals surface area contributed by atoms with Gasteiger partial charge in [0.05, 0.1) is 5.02 Å². The molecule has 1 radical (unpaired) electrons. The SMILES string of the molecule is Clc1ccc(-c2[c]nc(-c3ccccc3Cl)nc2)cc1. The molecule has 3 aromatic rings. The zero-order valence-electron chi connectivity index (χ0n) is 10.3. The minimum atomic E-state index is 0.563. The highest BCUT2D eigenvalue weighted by Crippen LogP contribution is 2.26. The van der Waals surface area contributed by atoms with Gasteiger partial charge in [0.1, 0.15) is 6.20 Å². The lowest BCUT2D eigenvalue weighted by molar-refractivity contribution is 1.17. The van der Waals surface area contributed by atoms with Crippen molar-refractivity contribution in [3.05, 3.63) is 71.0 Å². The van der Waals surface area contributed by atoms with Crippen molar-refractivity contribution in [1.29, 1.82) is 0 Å². The zero-order valence-corrected chi connectivity index (χ0v) is 11.9. The first-order chi connectivity index (χ1) is 9.74. The van der Waals surface area contributed by atoms with Crippen LogP contribution in [-0.2, 0) is 0 Å². The molecule has 0 spiro atoms. The van der Waals surface area contributed by atoms with Crippen molar-refractivity contribution in [2.45, 2.75) is 0 Å². The van der Waals surface area contributed by atoms with Gasteiger partial charge in [-0.05, 0) is 29.8 Å². The Morgan fingerprint density at radius 1 is 0.900 bits per heavy atom. The van der Waals surface area contributed by atoms with Crippen LogP contribution in [0.25, 0.3) is 22.5 Å². The molecule has 0 saturated heterocycles. The van der Waals surface area contributed by atoms with E-state index < -0.39 is 0 Å². The third kappa shape index (κ3) is 2.67. The number of halogens is 2. The molecule has 0 atom stereocenters. The van der Waals surface area contributed by atoms with Crippen molar-refractivity contribution in [3.8, 4) is 22.5 Å². The first-order valence-electron chi connectivity index (χ1n) is 5.99. The van der Waals surface area contributed by atoms with Crippen LogP contribution in [0, 0.1) is 6.20 Å². The van der Waals surface area contributed by atoms with Gasteiger partial charge in [-0.2, -0.15) is 0 Å². The highest BCUT2D eigenvalue weighted by atomic mass is 35.5. The Bertz CT molecular complexity index is 722. The largest absolute Gasteiger partial charge is 0.236 e. The van der Waals surface area contributed by atoms with Crippen LogP contribution < -0.4 is 0 Å². The molecule has 0 N–H and O–H groups in total. The van der Waals surface area contributed by atoms with E-state index in [9.17, 15) is 0 Å². The molecule has 4 heteroatoms. The molecule has 1 aromatic heterocycles. The minimum absolute atomic E-state index is 0.563. The first kappa shape index (κ1) is 13.1. The summed E-state index contributed by atoms with van der Waals surface area (Å²) in [6.45, 7) is 0. The van der Waals surface area contributed by atoms with Gasteiger partial charge < -0.3 is 0 Å². The fourth-order valence-electron chi connectivity index (χ4n) is 1.84. The van der Waals surface area contributed by atoms with E-state index in [1.54, 1.807) is 6.20 Å². The average molecular weight is 300 g/mol. The topological polar surface area (TPSA) is 25.8 Å². The summed E-state index contributed by atoms with van der Waals surface area (Å²) >= 11 is 12.0. The second-order valence-corrected chi connectivity index (χ2v) is 5.05. The number of hydrogen-bond donors (Lipinski definition) is 0.